The third-order valence-electron chi connectivity index (χ3n) is 6.12. The summed E-state index contributed by atoms with van der Waals surface area (Å²) in [7, 11) is 3.79. The monoisotopic (exact) mass is 418 g/mol. The molecule has 1 aliphatic rings. The summed E-state index contributed by atoms with van der Waals surface area (Å²) in [5.41, 5.74) is 9.09. The summed E-state index contributed by atoms with van der Waals surface area (Å²) < 4.78 is 0. The average Bonchev–Trinajstić information content (AvgIpc) is 2.68. The van der Waals surface area contributed by atoms with Gasteiger partial charge in [0.1, 0.15) is 11.5 Å². The highest BCUT2D eigenvalue weighted by molar-refractivity contribution is 6.35. The van der Waals surface area contributed by atoms with Crippen LogP contribution in [0.2, 0.25) is 5.02 Å². The molecule has 29 heavy (non-hydrogen) atoms. The number of hydrogen-bond acceptors (Lipinski definition) is 7. The van der Waals surface area contributed by atoms with E-state index in [2.05, 4.69) is 23.7 Å². The molecule has 1 aliphatic heterocycles. The normalized spacial score (nSPS) is 17.3. The summed E-state index contributed by atoms with van der Waals surface area (Å²) in [6.45, 7) is 7.76. The lowest BCUT2D eigenvalue weighted by Gasteiger charge is -2.42. The Morgan fingerprint density at radius 2 is 1.97 bits per heavy atom. The lowest BCUT2D eigenvalue weighted by molar-refractivity contribution is 0.204. The van der Waals surface area contributed by atoms with E-state index in [0.717, 1.165) is 43.0 Å². The summed E-state index contributed by atoms with van der Waals surface area (Å²) in [6.07, 6.45) is 3.68. The Morgan fingerprint density at radius 1 is 1.31 bits per heavy atom. The number of aliphatic hydroxyl groups excluding tert-OH is 1. The number of piperidine rings is 1. The van der Waals surface area contributed by atoms with Crippen LogP contribution in [0.5, 0.6) is 0 Å². The van der Waals surface area contributed by atoms with Gasteiger partial charge in [-0.25, -0.2) is 15.0 Å². The predicted octanol–water partition coefficient (Wildman–Crippen LogP) is 3.01. The number of nitrogens with two attached hydrogens (primary N) is 1. The molecule has 1 saturated heterocycles. The molecule has 3 heterocycles. The summed E-state index contributed by atoms with van der Waals surface area (Å²) in [5, 5.41) is 10.5. The van der Waals surface area contributed by atoms with E-state index in [1.165, 1.54) is 0 Å². The number of aromatic nitrogens is 3. The largest absolute Gasteiger partial charge is 0.390 e. The minimum Gasteiger partial charge on any atom is -0.390 e. The summed E-state index contributed by atoms with van der Waals surface area (Å²) in [5.74, 6) is 1.42. The number of hydrogen-bond donors (Lipinski definition) is 2. The molecule has 0 radical (unpaired) electrons. The second-order valence-electron chi connectivity index (χ2n) is 8.41. The fourth-order valence-corrected chi connectivity index (χ4v) is 4.14. The van der Waals surface area contributed by atoms with Crippen molar-refractivity contribution < 1.29 is 5.11 Å². The molecule has 0 amide bonds. The van der Waals surface area contributed by atoms with Gasteiger partial charge in [0, 0.05) is 45.0 Å². The van der Waals surface area contributed by atoms with Gasteiger partial charge in [-0.2, -0.15) is 0 Å². The van der Waals surface area contributed by atoms with Gasteiger partial charge in [-0.3, -0.25) is 0 Å². The van der Waals surface area contributed by atoms with Gasteiger partial charge in [0.05, 0.1) is 23.0 Å². The molecule has 1 atom stereocenters. The van der Waals surface area contributed by atoms with Crippen molar-refractivity contribution in [2.45, 2.75) is 46.3 Å². The maximum absolute atomic E-state index is 10.0. The van der Waals surface area contributed by atoms with E-state index in [4.69, 9.17) is 27.3 Å². The Morgan fingerprint density at radius 3 is 2.52 bits per heavy atom. The zero-order valence-corrected chi connectivity index (χ0v) is 18.7. The highest BCUT2D eigenvalue weighted by Gasteiger charge is 2.34. The van der Waals surface area contributed by atoms with Crippen molar-refractivity contribution in [2.24, 2.45) is 11.1 Å². The van der Waals surface area contributed by atoms with Gasteiger partial charge in [0.15, 0.2) is 5.82 Å². The third kappa shape index (κ3) is 4.17. The first kappa shape index (κ1) is 21.7. The lowest BCUT2D eigenvalue weighted by Crippen LogP contribution is -2.47. The maximum Gasteiger partial charge on any atom is 0.153 e. The first-order chi connectivity index (χ1) is 13.7. The van der Waals surface area contributed by atoms with Crippen molar-refractivity contribution in [2.75, 3.05) is 37.0 Å². The lowest BCUT2D eigenvalue weighted by atomic mass is 9.75. The molecule has 8 heteroatoms. The van der Waals surface area contributed by atoms with Crippen LogP contribution in [0, 0.1) is 12.3 Å². The number of rotatable bonds is 5. The summed E-state index contributed by atoms with van der Waals surface area (Å²) in [6, 6.07) is 1.99. The van der Waals surface area contributed by atoms with Gasteiger partial charge >= 0.3 is 0 Å². The Balaban J connectivity index is 1.97. The molecule has 0 bridgehead atoms. The Labute approximate surface area is 177 Å². The molecule has 0 unspecified atom stereocenters. The minimum atomic E-state index is -0.181. The second-order valence-corrected chi connectivity index (χ2v) is 8.78. The van der Waals surface area contributed by atoms with E-state index >= 15 is 0 Å². The standard InChI is InChI=1S/C21H31ClN6O/c1-13-18(15-6-9-24-20(17(15)22)27(4)5)26-16(12-29)19(25-13)28-10-7-21(3,8-11-28)14(2)23/h6,9,14,29H,7-8,10-12,23H2,1-5H3/t14-/m0/s1. The van der Waals surface area contributed by atoms with Crippen LogP contribution in [0.3, 0.4) is 0 Å². The molecule has 7 nitrogen and oxygen atoms in total. The van der Waals surface area contributed by atoms with Crippen LogP contribution in [0.1, 0.15) is 38.1 Å². The fourth-order valence-electron chi connectivity index (χ4n) is 3.77. The quantitative estimate of drug-likeness (QED) is 0.770. The van der Waals surface area contributed by atoms with Crippen LogP contribution in [0.15, 0.2) is 12.3 Å². The van der Waals surface area contributed by atoms with Crippen LogP contribution in [-0.2, 0) is 6.61 Å². The molecular formula is C21H31ClN6O. The van der Waals surface area contributed by atoms with Gasteiger partial charge in [0.25, 0.3) is 0 Å². The molecule has 3 N–H and O–H groups in total. The van der Waals surface area contributed by atoms with Crippen LogP contribution in [-0.4, -0.2) is 53.3 Å². The highest BCUT2D eigenvalue weighted by atomic mass is 35.5. The van der Waals surface area contributed by atoms with Gasteiger partial charge in [-0.15, -0.1) is 0 Å². The highest BCUT2D eigenvalue weighted by Crippen LogP contribution is 2.37. The van der Waals surface area contributed by atoms with Crippen molar-refractivity contribution in [3.8, 4) is 11.3 Å². The van der Waals surface area contributed by atoms with Crippen molar-refractivity contribution in [1.29, 1.82) is 0 Å². The fraction of sp³-hybridized carbons (Fsp3) is 0.571. The molecule has 2 aromatic heterocycles. The molecule has 158 valence electrons. The maximum atomic E-state index is 10.0. The third-order valence-corrected chi connectivity index (χ3v) is 6.50. The number of aliphatic hydroxyl groups is 1. The Bertz CT molecular complexity index is 878. The van der Waals surface area contributed by atoms with E-state index in [9.17, 15) is 5.11 Å². The van der Waals surface area contributed by atoms with Crippen LogP contribution in [0.4, 0.5) is 11.6 Å². The topological polar surface area (TPSA) is 91.4 Å². The number of nitrogens with zero attached hydrogens (tertiary/aromatic N) is 5. The number of halogens is 1. The van der Waals surface area contributed by atoms with Crippen LogP contribution in [0.25, 0.3) is 11.3 Å². The first-order valence-corrected chi connectivity index (χ1v) is 10.4. The van der Waals surface area contributed by atoms with Crippen molar-refractivity contribution in [3.63, 3.8) is 0 Å². The van der Waals surface area contributed by atoms with Crippen molar-refractivity contribution in [1.82, 2.24) is 15.0 Å². The van der Waals surface area contributed by atoms with Crippen molar-refractivity contribution in [3.05, 3.63) is 28.7 Å². The van der Waals surface area contributed by atoms with Gasteiger partial charge in [-0.05, 0) is 38.2 Å². The number of pyridine rings is 1. The van der Waals surface area contributed by atoms with Crippen LogP contribution >= 0.6 is 11.6 Å². The average molecular weight is 419 g/mol. The summed E-state index contributed by atoms with van der Waals surface area (Å²) in [4.78, 5) is 18.0. The van der Waals surface area contributed by atoms with Crippen molar-refractivity contribution >= 4 is 23.2 Å². The molecule has 2 aromatic rings. The molecule has 0 saturated carbocycles. The van der Waals surface area contributed by atoms with E-state index in [0.29, 0.717) is 22.2 Å². The molecule has 0 aromatic carbocycles. The minimum absolute atomic E-state index is 0.130. The zero-order valence-electron chi connectivity index (χ0n) is 17.9. The van der Waals surface area contributed by atoms with Gasteiger partial charge in [-0.1, -0.05) is 18.5 Å². The van der Waals surface area contributed by atoms with E-state index < -0.39 is 0 Å². The predicted molar refractivity (Wildman–Crippen MR) is 118 cm³/mol. The molecule has 1 fully saturated rings. The van der Waals surface area contributed by atoms with E-state index in [1.54, 1.807) is 6.20 Å². The Hall–Kier alpha value is -1.96. The molecular weight excluding hydrogens is 388 g/mol. The first-order valence-electron chi connectivity index (χ1n) is 9.99. The smallest absolute Gasteiger partial charge is 0.153 e. The summed E-state index contributed by atoms with van der Waals surface area (Å²) >= 11 is 6.60. The molecule has 3 rings (SSSR count). The van der Waals surface area contributed by atoms with Crippen LogP contribution < -0.4 is 15.5 Å². The molecule has 0 aliphatic carbocycles. The van der Waals surface area contributed by atoms with Gasteiger partial charge in [0.2, 0.25) is 0 Å². The molecule has 0 spiro atoms. The SMILES string of the molecule is Cc1nc(N2CCC(C)([C@H](C)N)CC2)c(CO)nc1-c1ccnc(N(C)C)c1Cl. The number of anilines is 2. The second kappa shape index (κ2) is 8.42. The Kier molecular flexibility index (Phi) is 6.31. The van der Waals surface area contributed by atoms with Gasteiger partial charge < -0.3 is 20.6 Å². The van der Waals surface area contributed by atoms with E-state index in [-0.39, 0.29) is 18.1 Å². The zero-order chi connectivity index (χ0) is 21.3. The van der Waals surface area contributed by atoms with E-state index in [1.807, 2.05) is 32.0 Å². The number of aryl methyl sites for hydroxylation is 1.